The second-order valence-electron chi connectivity index (χ2n) is 3.75. The molecule has 0 saturated heterocycles. The molecule has 18 heavy (non-hydrogen) atoms. The van der Waals surface area contributed by atoms with Crippen LogP contribution in [0.2, 0.25) is 0 Å². The Labute approximate surface area is 105 Å². The van der Waals surface area contributed by atoms with Gasteiger partial charge in [-0.25, -0.2) is 18.7 Å². The van der Waals surface area contributed by atoms with Gasteiger partial charge in [-0.2, -0.15) is 0 Å². The third kappa shape index (κ3) is 4.40. The average Bonchev–Trinajstić information content (AvgIpc) is 2.27. The highest BCUT2D eigenvalue weighted by atomic mass is 19.3. The fourth-order valence-electron chi connectivity index (χ4n) is 1.57. The summed E-state index contributed by atoms with van der Waals surface area (Å²) in [6.45, 7) is 3.76. The summed E-state index contributed by atoms with van der Waals surface area (Å²) < 4.78 is 24.9. The van der Waals surface area contributed by atoms with Crippen molar-refractivity contribution in [2.45, 2.75) is 20.3 Å². The van der Waals surface area contributed by atoms with Crippen LogP contribution in [-0.4, -0.2) is 47.7 Å². The Balaban J connectivity index is 2.95. The molecular formula is C11H18F2N4O. The standard InChI is InChI=1S/C11H18F2N4O/c1-3-14-10-6-11(16-8(2)15-10)17(4-5-18)7-9(12)13/h6,9,18H,3-5,7H2,1-2H3,(H,14,15,16). The smallest absolute Gasteiger partial charge is 0.255 e. The molecule has 0 bridgehead atoms. The minimum absolute atomic E-state index is 0.117. The molecule has 1 heterocycles. The van der Waals surface area contributed by atoms with Crippen molar-refractivity contribution in [1.82, 2.24) is 9.97 Å². The van der Waals surface area contributed by atoms with Crippen molar-refractivity contribution >= 4 is 11.6 Å². The molecular weight excluding hydrogens is 242 g/mol. The number of aliphatic hydroxyl groups is 1. The first kappa shape index (κ1) is 14.6. The van der Waals surface area contributed by atoms with Crippen LogP contribution in [0.25, 0.3) is 0 Å². The molecule has 5 nitrogen and oxygen atoms in total. The van der Waals surface area contributed by atoms with Crippen molar-refractivity contribution < 1.29 is 13.9 Å². The number of hydrogen-bond donors (Lipinski definition) is 2. The number of anilines is 2. The molecule has 0 radical (unpaired) electrons. The van der Waals surface area contributed by atoms with Gasteiger partial charge in [-0.3, -0.25) is 0 Å². The molecule has 0 unspecified atom stereocenters. The van der Waals surface area contributed by atoms with Crippen LogP contribution < -0.4 is 10.2 Å². The number of nitrogens with zero attached hydrogens (tertiary/aromatic N) is 3. The zero-order chi connectivity index (χ0) is 13.5. The van der Waals surface area contributed by atoms with Gasteiger partial charge in [0.15, 0.2) is 0 Å². The second kappa shape index (κ2) is 7.05. The summed E-state index contributed by atoms with van der Waals surface area (Å²) in [5.74, 6) is 1.49. The van der Waals surface area contributed by atoms with Gasteiger partial charge in [-0.05, 0) is 13.8 Å². The highest BCUT2D eigenvalue weighted by molar-refractivity contribution is 5.49. The van der Waals surface area contributed by atoms with E-state index < -0.39 is 13.0 Å². The van der Waals surface area contributed by atoms with E-state index in [1.54, 1.807) is 13.0 Å². The monoisotopic (exact) mass is 260 g/mol. The van der Waals surface area contributed by atoms with Crippen molar-refractivity contribution in [3.05, 3.63) is 11.9 Å². The van der Waals surface area contributed by atoms with Crippen molar-refractivity contribution in [3.8, 4) is 0 Å². The molecule has 0 aliphatic carbocycles. The predicted molar refractivity (Wildman–Crippen MR) is 66.2 cm³/mol. The molecule has 0 amide bonds. The fourth-order valence-corrected chi connectivity index (χ4v) is 1.57. The Hall–Kier alpha value is -1.50. The lowest BCUT2D eigenvalue weighted by Gasteiger charge is -2.23. The summed E-state index contributed by atoms with van der Waals surface area (Å²) in [5, 5.41) is 11.9. The van der Waals surface area contributed by atoms with Gasteiger partial charge in [0.25, 0.3) is 6.43 Å². The summed E-state index contributed by atoms with van der Waals surface area (Å²) in [4.78, 5) is 9.61. The minimum atomic E-state index is -2.48. The van der Waals surface area contributed by atoms with Crippen LogP contribution in [0.5, 0.6) is 0 Å². The summed E-state index contributed by atoms with van der Waals surface area (Å²) >= 11 is 0. The minimum Gasteiger partial charge on any atom is -0.395 e. The number of aryl methyl sites for hydroxylation is 1. The van der Waals surface area contributed by atoms with E-state index in [0.717, 1.165) is 0 Å². The Morgan fingerprint density at radius 2 is 2.17 bits per heavy atom. The SMILES string of the molecule is CCNc1cc(N(CCO)CC(F)F)nc(C)n1. The Kier molecular flexibility index (Phi) is 5.70. The van der Waals surface area contributed by atoms with E-state index >= 15 is 0 Å². The van der Waals surface area contributed by atoms with Crippen LogP contribution in [0.3, 0.4) is 0 Å². The lowest BCUT2D eigenvalue weighted by atomic mass is 10.4. The molecule has 102 valence electrons. The fraction of sp³-hybridized carbons (Fsp3) is 0.636. The topological polar surface area (TPSA) is 61.3 Å². The van der Waals surface area contributed by atoms with Gasteiger partial charge in [-0.15, -0.1) is 0 Å². The lowest BCUT2D eigenvalue weighted by molar-refractivity contribution is 0.152. The largest absolute Gasteiger partial charge is 0.395 e. The van der Waals surface area contributed by atoms with Crippen molar-refractivity contribution in [2.75, 3.05) is 36.5 Å². The Bertz CT molecular complexity index is 376. The summed E-state index contributed by atoms with van der Waals surface area (Å²) in [6, 6.07) is 1.61. The number of alkyl halides is 2. The highest BCUT2D eigenvalue weighted by Gasteiger charge is 2.15. The summed E-state index contributed by atoms with van der Waals surface area (Å²) in [6.07, 6.45) is -2.48. The lowest BCUT2D eigenvalue weighted by Crippen LogP contribution is -2.32. The molecule has 0 aliphatic rings. The second-order valence-corrected chi connectivity index (χ2v) is 3.75. The molecule has 1 aromatic rings. The van der Waals surface area contributed by atoms with Crippen molar-refractivity contribution in [2.24, 2.45) is 0 Å². The maximum Gasteiger partial charge on any atom is 0.255 e. The predicted octanol–water partition coefficient (Wildman–Crippen LogP) is 1.28. The molecule has 1 aromatic heterocycles. The molecule has 0 fully saturated rings. The van der Waals surface area contributed by atoms with Crippen molar-refractivity contribution in [1.29, 1.82) is 0 Å². The van der Waals surface area contributed by atoms with Crippen LogP contribution in [0.15, 0.2) is 6.07 Å². The Morgan fingerprint density at radius 3 is 2.72 bits per heavy atom. The summed E-state index contributed by atoms with van der Waals surface area (Å²) in [7, 11) is 0. The van der Waals surface area contributed by atoms with Gasteiger partial charge in [0.1, 0.15) is 17.5 Å². The van der Waals surface area contributed by atoms with E-state index in [9.17, 15) is 8.78 Å². The van der Waals surface area contributed by atoms with E-state index in [2.05, 4.69) is 15.3 Å². The number of aliphatic hydroxyl groups excluding tert-OH is 1. The van der Waals surface area contributed by atoms with Crippen LogP contribution in [-0.2, 0) is 0 Å². The van der Waals surface area contributed by atoms with Gasteiger partial charge in [0.05, 0.1) is 13.2 Å². The van der Waals surface area contributed by atoms with Crippen LogP contribution in [0.4, 0.5) is 20.4 Å². The molecule has 0 saturated carbocycles. The first-order chi connectivity index (χ1) is 8.56. The summed E-state index contributed by atoms with van der Waals surface area (Å²) in [5.41, 5.74) is 0. The maximum absolute atomic E-state index is 12.5. The zero-order valence-electron chi connectivity index (χ0n) is 10.5. The third-order valence-electron chi connectivity index (χ3n) is 2.23. The number of hydrogen-bond acceptors (Lipinski definition) is 5. The molecule has 7 heteroatoms. The van der Waals surface area contributed by atoms with Gasteiger partial charge < -0.3 is 15.3 Å². The number of nitrogens with one attached hydrogen (secondary N) is 1. The Morgan fingerprint density at radius 1 is 1.44 bits per heavy atom. The van der Waals surface area contributed by atoms with Gasteiger partial charge in [0.2, 0.25) is 0 Å². The molecule has 1 rings (SSSR count). The number of rotatable bonds is 7. The van der Waals surface area contributed by atoms with Gasteiger partial charge in [-0.1, -0.05) is 0 Å². The molecule has 0 atom stereocenters. The van der Waals surface area contributed by atoms with E-state index in [-0.39, 0.29) is 13.2 Å². The normalized spacial score (nSPS) is 10.8. The van der Waals surface area contributed by atoms with Crippen molar-refractivity contribution in [3.63, 3.8) is 0 Å². The zero-order valence-corrected chi connectivity index (χ0v) is 10.5. The number of aromatic nitrogens is 2. The third-order valence-corrected chi connectivity index (χ3v) is 2.23. The first-order valence-corrected chi connectivity index (χ1v) is 5.80. The highest BCUT2D eigenvalue weighted by Crippen LogP contribution is 2.16. The van der Waals surface area contributed by atoms with Crippen LogP contribution >= 0.6 is 0 Å². The van der Waals surface area contributed by atoms with E-state index in [1.807, 2.05) is 6.92 Å². The molecule has 0 aromatic carbocycles. The van der Waals surface area contributed by atoms with E-state index in [0.29, 0.717) is 24.0 Å². The van der Waals surface area contributed by atoms with Gasteiger partial charge >= 0.3 is 0 Å². The quantitative estimate of drug-likeness (QED) is 0.773. The molecule has 2 N–H and O–H groups in total. The number of halogens is 2. The van der Waals surface area contributed by atoms with E-state index in [4.69, 9.17) is 5.11 Å². The first-order valence-electron chi connectivity index (χ1n) is 5.80. The van der Waals surface area contributed by atoms with Gasteiger partial charge in [0, 0.05) is 19.2 Å². The van der Waals surface area contributed by atoms with E-state index in [1.165, 1.54) is 4.90 Å². The van der Waals surface area contributed by atoms with Crippen LogP contribution in [0, 0.1) is 6.92 Å². The maximum atomic E-state index is 12.5. The average molecular weight is 260 g/mol. The van der Waals surface area contributed by atoms with Crippen LogP contribution in [0.1, 0.15) is 12.7 Å². The molecule has 0 aliphatic heterocycles. The molecule has 0 spiro atoms.